The monoisotopic (exact) mass is 597 g/mol. The first-order valence-electron chi connectivity index (χ1n) is 14.3. The van der Waals surface area contributed by atoms with Crippen LogP contribution in [0.4, 0.5) is 0 Å². The maximum absolute atomic E-state index is 12.7. The number of ether oxygens (including phenoxy) is 4. The molecule has 0 saturated heterocycles. The number of H-pyrrole nitrogens is 1. The van der Waals surface area contributed by atoms with Gasteiger partial charge in [0.15, 0.2) is 0 Å². The van der Waals surface area contributed by atoms with Crippen molar-refractivity contribution in [2.24, 2.45) is 0 Å². The molecule has 1 aliphatic heterocycles. The molecule has 4 rings (SSSR count). The number of aromatic hydroxyl groups is 1. The van der Waals surface area contributed by atoms with Crippen LogP contribution < -0.4 is 19.1 Å². The Labute approximate surface area is 249 Å². The zero-order valence-corrected chi connectivity index (χ0v) is 25.9. The molecule has 226 valence electrons. The number of hydrogen-bond donors (Lipinski definition) is 2. The molecule has 2 N–H and O–H groups in total. The van der Waals surface area contributed by atoms with Crippen molar-refractivity contribution < 1.29 is 33.6 Å². The summed E-state index contributed by atoms with van der Waals surface area (Å²) >= 11 is 0.983. The van der Waals surface area contributed by atoms with Crippen LogP contribution >= 0.6 is 11.3 Å². The Morgan fingerprint density at radius 3 is 2.33 bits per heavy atom. The largest absolute Gasteiger partial charge is 0.494 e. The summed E-state index contributed by atoms with van der Waals surface area (Å²) in [6, 6.07) is 7.42. The number of rotatable bonds is 11. The SMILES string of the molecule is CCCC(=O)Oc1c(C)c(C)c2c(c1C)C(OC(=O)CCC)CC(C)(COc1ccc(Cc3sc(=O)[nH]c3O)cc1)O2. The topological polar surface area (TPSA) is 124 Å². The predicted octanol–water partition coefficient (Wildman–Crippen LogP) is 6.37. The summed E-state index contributed by atoms with van der Waals surface area (Å²) in [5.74, 6) is 1.04. The molecule has 0 saturated carbocycles. The highest BCUT2D eigenvalue weighted by Gasteiger charge is 2.43. The third-order valence-electron chi connectivity index (χ3n) is 7.45. The lowest BCUT2D eigenvalue weighted by molar-refractivity contribution is -0.154. The number of fused-ring (bicyclic) bond motifs is 1. The predicted molar refractivity (Wildman–Crippen MR) is 160 cm³/mol. The van der Waals surface area contributed by atoms with Gasteiger partial charge in [0.05, 0.1) is 4.88 Å². The third-order valence-corrected chi connectivity index (χ3v) is 8.32. The summed E-state index contributed by atoms with van der Waals surface area (Å²) in [4.78, 5) is 39.2. The molecular weight excluding hydrogens is 558 g/mol. The molecule has 3 aromatic rings. The number of nitrogens with one attached hydrogen (secondary N) is 1. The Hall–Kier alpha value is -3.79. The standard InChI is InChI=1S/C32H39NO8S/c1-7-9-25(34)39-23-16-32(6,17-38-22-13-11-21(12-14-22)15-24-30(36)33-31(37)42-24)41-29-19(4)18(3)28(20(5)27(23)29)40-26(35)10-8-2/h11-14,23,36H,7-10,15-17H2,1-6H3,(H,33,37). The van der Waals surface area contributed by atoms with Crippen LogP contribution in [-0.2, 0) is 20.7 Å². The summed E-state index contributed by atoms with van der Waals surface area (Å²) in [7, 11) is 0. The summed E-state index contributed by atoms with van der Waals surface area (Å²) in [6.07, 6.45) is 2.13. The molecule has 0 amide bonds. The van der Waals surface area contributed by atoms with Gasteiger partial charge in [-0.3, -0.25) is 19.4 Å². The first-order valence-corrected chi connectivity index (χ1v) is 15.1. The molecular formula is C32H39NO8S. The first kappa shape index (κ1) is 31.2. The van der Waals surface area contributed by atoms with Gasteiger partial charge in [-0.2, -0.15) is 0 Å². The van der Waals surface area contributed by atoms with Gasteiger partial charge in [0.25, 0.3) is 0 Å². The number of carbonyl (C=O) groups excluding carboxylic acids is 2. The molecule has 1 aliphatic rings. The average Bonchev–Trinajstić information content (AvgIpc) is 3.25. The van der Waals surface area contributed by atoms with E-state index in [9.17, 15) is 19.5 Å². The van der Waals surface area contributed by atoms with Crippen molar-refractivity contribution in [2.75, 3.05) is 6.61 Å². The first-order chi connectivity index (χ1) is 19.9. The number of hydrogen-bond acceptors (Lipinski definition) is 9. The van der Waals surface area contributed by atoms with Gasteiger partial charge in [0.2, 0.25) is 5.88 Å². The minimum Gasteiger partial charge on any atom is -0.494 e. The summed E-state index contributed by atoms with van der Waals surface area (Å²) in [5.41, 5.74) is 3.16. The summed E-state index contributed by atoms with van der Waals surface area (Å²) in [5, 5.41) is 9.87. The minimum absolute atomic E-state index is 0.103. The number of thiazole rings is 1. The summed E-state index contributed by atoms with van der Waals surface area (Å²) in [6.45, 7) is 11.7. The maximum Gasteiger partial charge on any atom is 0.311 e. The van der Waals surface area contributed by atoms with E-state index in [2.05, 4.69) is 4.98 Å². The number of esters is 2. The van der Waals surface area contributed by atoms with Crippen molar-refractivity contribution in [1.29, 1.82) is 0 Å². The van der Waals surface area contributed by atoms with E-state index in [4.69, 9.17) is 18.9 Å². The molecule has 42 heavy (non-hydrogen) atoms. The van der Waals surface area contributed by atoms with E-state index in [1.54, 1.807) is 0 Å². The Morgan fingerprint density at radius 1 is 1.05 bits per heavy atom. The summed E-state index contributed by atoms with van der Waals surface area (Å²) < 4.78 is 24.6. The van der Waals surface area contributed by atoms with Gasteiger partial charge in [0, 0.05) is 36.8 Å². The highest BCUT2D eigenvalue weighted by atomic mass is 32.1. The molecule has 0 spiro atoms. The molecule has 9 nitrogen and oxygen atoms in total. The number of carbonyl (C=O) groups is 2. The maximum atomic E-state index is 12.7. The Kier molecular flexibility index (Phi) is 9.66. The van der Waals surface area contributed by atoms with Crippen molar-refractivity contribution >= 4 is 23.3 Å². The van der Waals surface area contributed by atoms with E-state index in [1.807, 2.05) is 65.8 Å². The van der Waals surface area contributed by atoms with Crippen LogP contribution in [-0.4, -0.2) is 34.2 Å². The molecule has 0 aliphatic carbocycles. The van der Waals surface area contributed by atoms with Crippen LogP contribution in [0.1, 0.15) is 91.7 Å². The van der Waals surface area contributed by atoms with Crippen LogP contribution in [0.3, 0.4) is 0 Å². The molecule has 2 aromatic carbocycles. The van der Waals surface area contributed by atoms with E-state index < -0.39 is 11.7 Å². The molecule has 2 heterocycles. The van der Waals surface area contributed by atoms with E-state index in [-0.39, 0.29) is 29.3 Å². The number of aromatic amines is 1. The fourth-order valence-corrected chi connectivity index (χ4v) is 5.91. The van der Waals surface area contributed by atoms with Crippen molar-refractivity contribution in [3.63, 3.8) is 0 Å². The van der Waals surface area contributed by atoms with Crippen molar-refractivity contribution in [3.8, 4) is 23.1 Å². The average molecular weight is 598 g/mol. The van der Waals surface area contributed by atoms with Gasteiger partial charge in [-0.05, 0) is 69.4 Å². The second-order valence-corrected chi connectivity index (χ2v) is 12.1. The lowest BCUT2D eigenvalue weighted by atomic mass is 9.85. The molecule has 0 bridgehead atoms. The van der Waals surface area contributed by atoms with Crippen LogP contribution in [0.25, 0.3) is 0 Å². The van der Waals surface area contributed by atoms with Crippen LogP contribution in [0.15, 0.2) is 29.1 Å². The Morgan fingerprint density at radius 2 is 1.71 bits per heavy atom. The molecule has 0 radical (unpaired) electrons. The highest BCUT2D eigenvalue weighted by Crippen LogP contribution is 2.49. The van der Waals surface area contributed by atoms with E-state index in [0.717, 1.165) is 39.2 Å². The highest BCUT2D eigenvalue weighted by molar-refractivity contribution is 7.09. The Balaban J connectivity index is 1.58. The van der Waals surface area contributed by atoms with E-state index in [1.165, 1.54) is 0 Å². The molecule has 2 atom stereocenters. The van der Waals surface area contributed by atoms with Crippen molar-refractivity contribution in [2.45, 2.75) is 91.8 Å². The molecule has 1 aromatic heterocycles. The molecule has 2 unspecified atom stereocenters. The number of benzene rings is 2. The zero-order chi connectivity index (χ0) is 30.6. The van der Waals surface area contributed by atoms with Gasteiger partial charge in [-0.25, -0.2) is 0 Å². The fourth-order valence-electron chi connectivity index (χ4n) is 5.15. The molecule has 0 fully saturated rings. The van der Waals surface area contributed by atoms with Crippen molar-refractivity contribution in [3.05, 3.63) is 66.6 Å². The third kappa shape index (κ3) is 6.98. The van der Waals surface area contributed by atoms with Gasteiger partial charge in [-0.1, -0.05) is 37.3 Å². The van der Waals surface area contributed by atoms with Crippen molar-refractivity contribution in [1.82, 2.24) is 4.98 Å². The fraction of sp³-hybridized carbons (Fsp3) is 0.469. The van der Waals surface area contributed by atoms with Crippen LogP contribution in [0.2, 0.25) is 0 Å². The van der Waals surface area contributed by atoms with Gasteiger partial charge in [-0.15, -0.1) is 0 Å². The quantitative estimate of drug-likeness (QED) is 0.193. The second-order valence-electron chi connectivity index (χ2n) is 11.1. The van der Waals surface area contributed by atoms with Crippen LogP contribution in [0, 0.1) is 20.8 Å². The van der Waals surface area contributed by atoms with E-state index >= 15 is 0 Å². The Bertz CT molecular complexity index is 1510. The normalized spacial score (nSPS) is 17.7. The zero-order valence-electron chi connectivity index (χ0n) is 25.0. The van der Waals surface area contributed by atoms with E-state index in [0.29, 0.717) is 60.7 Å². The number of aromatic nitrogens is 1. The minimum atomic E-state index is -0.823. The lowest BCUT2D eigenvalue weighted by Crippen LogP contribution is -2.44. The molecule has 10 heteroatoms. The van der Waals surface area contributed by atoms with Gasteiger partial charge < -0.3 is 24.1 Å². The van der Waals surface area contributed by atoms with Crippen LogP contribution in [0.5, 0.6) is 23.1 Å². The lowest BCUT2D eigenvalue weighted by Gasteiger charge is -2.41. The smallest absolute Gasteiger partial charge is 0.311 e. The van der Waals surface area contributed by atoms with Gasteiger partial charge >= 0.3 is 16.8 Å². The van der Waals surface area contributed by atoms with Gasteiger partial charge in [0.1, 0.15) is 35.6 Å². The second kappa shape index (κ2) is 13.0.